The Labute approximate surface area is 69.9 Å². The van der Waals surface area contributed by atoms with E-state index >= 15 is 0 Å². The Morgan fingerprint density at radius 2 is 2.00 bits per heavy atom. The highest BCUT2D eigenvalue weighted by atomic mass is 32.2. The molecule has 0 atom stereocenters. The summed E-state index contributed by atoms with van der Waals surface area (Å²) in [4.78, 5) is 2.26. The van der Waals surface area contributed by atoms with Gasteiger partial charge in [0.15, 0.2) is 0 Å². The van der Waals surface area contributed by atoms with Crippen LogP contribution in [0.25, 0.3) is 0 Å². The van der Waals surface area contributed by atoms with Crippen LogP contribution in [0.5, 0.6) is 0 Å². The number of rotatable bonds is 3. The summed E-state index contributed by atoms with van der Waals surface area (Å²) in [6.45, 7) is 3.09. The summed E-state index contributed by atoms with van der Waals surface area (Å²) in [6.07, 6.45) is 0.840. The number of nitrogens with zero attached hydrogens (tertiary/aromatic N) is 1. The smallest absolute Gasteiger partial charge is 0.0443 e. The van der Waals surface area contributed by atoms with Gasteiger partial charge in [-0.1, -0.05) is 0 Å². The van der Waals surface area contributed by atoms with Gasteiger partial charge in [0.25, 0.3) is 0 Å². The molecular formula is C7H15NO2S. The fourth-order valence-corrected chi connectivity index (χ4v) is 2.32. The standard InChI is InChI=1S/C7H15NO2S/c9-5-1-2-8-3-6-11(10)7-4-8/h9H,1-7H2. The van der Waals surface area contributed by atoms with Crippen LogP contribution >= 0.6 is 0 Å². The van der Waals surface area contributed by atoms with Crippen molar-refractivity contribution in [2.24, 2.45) is 0 Å². The van der Waals surface area contributed by atoms with E-state index in [0.717, 1.165) is 37.6 Å². The first-order valence-corrected chi connectivity index (χ1v) is 5.50. The van der Waals surface area contributed by atoms with Gasteiger partial charge in [-0.2, -0.15) is 0 Å². The number of aliphatic hydroxyl groups excluding tert-OH is 1. The lowest BCUT2D eigenvalue weighted by molar-refractivity contribution is 0.235. The minimum absolute atomic E-state index is 0.263. The number of aliphatic hydroxyl groups is 1. The molecule has 1 fully saturated rings. The highest BCUT2D eigenvalue weighted by Gasteiger charge is 2.13. The van der Waals surface area contributed by atoms with Crippen LogP contribution < -0.4 is 0 Å². The van der Waals surface area contributed by atoms with Gasteiger partial charge in [0, 0.05) is 48.5 Å². The van der Waals surface area contributed by atoms with Crippen molar-refractivity contribution in [1.29, 1.82) is 0 Å². The van der Waals surface area contributed by atoms with Crippen LogP contribution in [-0.2, 0) is 10.8 Å². The van der Waals surface area contributed by atoms with Gasteiger partial charge in [0.05, 0.1) is 0 Å². The Hall–Kier alpha value is 0.0700. The van der Waals surface area contributed by atoms with Crippen molar-refractivity contribution < 1.29 is 9.32 Å². The van der Waals surface area contributed by atoms with Crippen LogP contribution in [0.1, 0.15) is 6.42 Å². The van der Waals surface area contributed by atoms with Crippen molar-refractivity contribution in [3.63, 3.8) is 0 Å². The predicted molar refractivity (Wildman–Crippen MR) is 46.0 cm³/mol. The van der Waals surface area contributed by atoms with Gasteiger partial charge >= 0.3 is 0 Å². The molecule has 0 aliphatic carbocycles. The van der Waals surface area contributed by atoms with Gasteiger partial charge in [0.2, 0.25) is 0 Å². The molecule has 0 bridgehead atoms. The van der Waals surface area contributed by atoms with E-state index in [-0.39, 0.29) is 6.61 Å². The maximum atomic E-state index is 10.9. The van der Waals surface area contributed by atoms with Crippen LogP contribution in [0.2, 0.25) is 0 Å². The van der Waals surface area contributed by atoms with Gasteiger partial charge in [0.1, 0.15) is 0 Å². The van der Waals surface area contributed by atoms with Crippen molar-refractivity contribution in [1.82, 2.24) is 4.90 Å². The lowest BCUT2D eigenvalue weighted by Crippen LogP contribution is -2.38. The van der Waals surface area contributed by atoms with Crippen LogP contribution in [0.15, 0.2) is 0 Å². The fourth-order valence-electron chi connectivity index (χ4n) is 1.19. The Kier molecular flexibility index (Phi) is 4.04. The van der Waals surface area contributed by atoms with E-state index in [1.165, 1.54) is 0 Å². The summed E-state index contributed by atoms with van der Waals surface area (Å²) in [7, 11) is -0.571. The maximum absolute atomic E-state index is 10.9. The molecule has 0 aromatic rings. The average Bonchev–Trinajstić information content (AvgIpc) is 2.04. The minimum atomic E-state index is -0.571. The highest BCUT2D eigenvalue weighted by molar-refractivity contribution is 7.85. The van der Waals surface area contributed by atoms with Crippen molar-refractivity contribution in [2.45, 2.75) is 6.42 Å². The molecule has 1 N–H and O–H groups in total. The highest BCUT2D eigenvalue weighted by Crippen LogP contribution is 1.99. The zero-order valence-electron chi connectivity index (χ0n) is 6.66. The van der Waals surface area contributed by atoms with Crippen LogP contribution in [-0.4, -0.2) is 52.0 Å². The average molecular weight is 177 g/mol. The Morgan fingerprint density at radius 3 is 2.55 bits per heavy atom. The molecule has 66 valence electrons. The van der Waals surface area contributed by atoms with E-state index in [4.69, 9.17) is 5.11 Å². The van der Waals surface area contributed by atoms with Gasteiger partial charge in [-0.25, -0.2) is 0 Å². The quantitative estimate of drug-likeness (QED) is 0.628. The SMILES string of the molecule is O=S1CCN(CCCO)CC1. The topological polar surface area (TPSA) is 40.5 Å². The molecule has 1 heterocycles. The minimum Gasteiger partial charge on any atom is -0.396 e. The molecule has 1 saturated heterocycles. The molecule has 0 amide bonds. The molecule has 11 heavy (non-hydrogen) atoms. The lowest BCUT2D eigenvalue weighted by atomic mass is 10.4. The van der Waals surface area contributed by atoms with Crippen molar-refractivity contribution >= 4 is 10.8 Å². The largest absolute Gasteiger partial charge is 0.396 e. The summed E-state index contributed by atoms with van der Waals surface area (Å²) in [5.41, 5.74) is 0. The number of hydrogen-bond donors (Lipinski definition) is 1. The second-order valence-corrected chi connectivity index (χ2v) is 4.46. The third kappa shape index (κ3) is 3.31. The molecule has 0 aromatic carbocycles. The third-order valence-corrected chi connectivity index (χ3v) is 3.18. The summed E-state index contributed by atoms with van der Waals surface area (Å²) < 4.78 is 10.9. The molecule has 0 unspecified atom stereocenters. The second-order valence-electron chi connectivity index (χ2n) is 2.77. The fraction of sp³-hybridized carbons (Fsp3) is 1.00. The maximum Gasteiger partial charge on any atom is 0.0443 e. The molecule has 3 nitrogen and oxygen atoms in total. The second kappa shape index (κ2) is 4.85. The summed E-state index contributed by atoms with van der Waals surface area (Å²) in [6, 6.07) is 0. The normalized spacial score (nSPS) is 22.3. The van der Waals surface area contributed by atoms with Crippen LogP contribution in [0, 0.1) is 0 Å². The molecule has 0 radical (unpaired) electrons. The molecule has 1 aliphatic heterocycles. The van der Waals surface area contributed by atoms with E-state index in [1.54, 1.807) is 0 Å². The first-order chi connectivity index (χ1) is 5.33. The van der Waals surface area contributed by atoms with E-state index in [0.29, 0.717) is 0 Å². The zero-order valence-corrected chi connectivity index (χ0v) is 7.48. The molecule has 1 aliphatic rings. The van der Waals surface area contributed by atoms with Crippen molar-refractivity contribution in [3.05, 3.63) is 0 Å². The van der Waals surface area contributed by atoms with Gasteiger partial charge in [-0.15, -0.1) is 0 Å². The number of hydrogen-bond acceptors (Lipinski definition) is 3. The molecule has 0 saturated carbocycles. The summed E-state index contributed by atoms with van der Waals surface area (Å²) in [5, 5.41) is 8.56. The van der Waals surface area contributed by atoms with Crippen molar-refractivity contribution in [3.8, 4) is 0 Å². The molecule has 1 rings (SSSR count). The molecule has 0 aromatic heterocycles. The predicted octanol–water partition coefficient (Wildman–Crippen LogP) is -0.567. The molecule has 0 spiro atoms. The van der Waals surface area contributed by atoms with Gasteiger partial charge < -0.3 is 10.0 Å². The molecule has 4 heteroatoms. The summed E-state index contributed by atoms with van der Waals surface area (Å²) >= 11 is 0. The summed E-state index contributed by atoms with van der Waals surface area (Å²) in [5.74, 6) is 1.62. The van der Waals surface area contributed by atoms with Gasteiger partial charge in [-0.3, -0.25) is 4.21 Å². The van der Waals surface area contributed by atoms with E-state index in [1.807, 2.05) is 0 Å². The van der Waals surface area contributed by atoms with Crippen LogP contribution in [0.3, 0.4) is 0 Å². The first kappa shape index (κ1) is 9.16. The Morgan fingerprint density at radius 1 is 1.36 bits per heavy atom. The van der Waals surface area contributed by atoms with Crippen molar-refractivity contribution in [2.75, 3.05) is 37.7 Å². The third-order valence-electron chi connectivity index (χ3n) is 1.90. The van der Waals surface area contributed by atoms with Crippen LogP contribution in [0.4, 0.5) is 0 Å². The monoisotopic (exact) mass is 177 g/mol. The molecular weight excluding hydrogens is 162 g/mol. The van der Waals surface area contributed by atoms with Gasteiger partial charge in [-0.05, 0) is 6.42 Å². The first-order valence-electron chi connectivity index (χ1n) is 4.01. The lowest BCUT2D eigenvalue weighted by Gasteiger charge is -2.25. The van der Waals surface area contributed by atoms with E-state index in [2.05, 4.69) is 4.90 Å². The Bertz CT molecular complexity index is 130. The zero-order chi connectivity index (χ0) is 8.10. The van der Waals surface area contributed by atoms with E-state index in [9.17, 15) is 4.21 Å². The van der Waals surface area contributed by atoms with E-state index < -0.39 is 10.8 Å². The Balaban J connectivity index is 2.12.